The molecule has 1 heterocycles. The van der Waals surface area contributed by atoms with E-state index < -0.39 is 0 Å². The van der Waals surface area contributed by atoms with E-state index in [9.17, 15) is 9.59 Å². The van der Waals surface area contributed by atoms with Gasteiger partial charge in [-0.15, -0.1) is 11.3 Å². The Bertz CT molecular complexity index is 702. The van der Waals surface area contributed by atoms with E-state index in [1.54, 1.807) is 23.6 Å². The largest absolute Gasteiger partial charge is 0.495 e. The minimum absolute atomic E-state index is 0.0890. The van der Waals surface area contributed by atoms with Gasteiger partial charge in [-0.3, -0.25) is 9.59 Å². The number of carbonyl (C=O) groups is 2. The van der Waals surface area contributed by atoms with Gasteiger partial charge in [0.25, 0.3) is 0 Å². The van der Waals surface area contributed by atoms with Crippen molar-refractivity contribution in [1.29, 1.82) is 0 Å². The highest BCUT2D eigenvalue weighted by Crippen LogP contribution is 2.27. The lowest BCUT2D eigenvalue weighted by atomic mass is 10.2. The van der Waals surface area contributed by atoms with E-state index in [1.165, 1.54) is 25.4 Å². The molecule has 2 rings (SSSR count). The molecule has 1 aromatic carbocycles. The summed E-state index contributed by atoms with van der Waals surface area (Å²) < 4.78 is 5.16. The maximum absolute atomic E-state index is 12.1. The monoisotopic (exact) mass is 339 g/mol. The third-order valence-electron chi connectivity index (χ3n) is 2.61. The van der Waals surface area contributed by atoms with Crippen molar-refractivity contribution in [3.63, 3.8) is 0 Å². The van der Waals surface area contributed by atoms with Gasteiger partial charge in [0.2, 0.25) is 11.8 Å². The van der Waals surface area contributed by atoms with Crippen molar-refractivity contribution in [2.75, 3.05) is 17.7 Å². The second-order valence-corrected chi connectivity index (χ2v) is 5.69. The molecule has 1 aromatic heterocycles. The van der Waals surface area contributed by atoms with Gasteiger partial charge in [0.15, 0.2) is 5.13 Å². The first-order valence-corrected chi connectivity index (χ1v) is 7.59. The van der Waals surface area contributed by atoms with Crippen molar-refractivity contribution in [2.45, 2.75) is 13.3 Å². The number of amides is 2. The summed E-state index contributed by atoms with van der Waals surface area (Å²) in [5, 5.41) is 7.99. The Morgan fingerprint density at radius 3 is 2.82 bits per heavy atom. The summed E-state index contributed by atoms with van der Waals surface area (Å²) in [5.41, 5.74) is 1.07. The summed E-state index contributed by atoms with van der Waals surface area (Å²) in [6.45, 7) is 1.40. The summed E-state index contributed by atoms with van der Waals surface area (Å²) in [6, 6.07) is 4.97. The molecule has 0 unspecified atom stereocenters. The van der Waals surface area contributed by atoms with Crippen LogP contribution in [0.2, 0.25) is 5.02 Å². The third-order valence-corrected chi connectivity index (χ3v) is 3.65. The molecular formula is C14H14ClN3O3S. The van der Waals surface area contributed by atoms with E-state index in [1.807, 2.05) is 0 Å². The van der Waals surface area contributed by atoms with Gasteiger partial charge in [-0.1, -0.05) is 11.6 Å². The number of carbonyl (C=O) groups excluding carboxylic acids is 2. The van der Waals surface area contributed by atoms with Gasteiger partial charge >= 0.3 is 0 Å². The fourth-order valence-electron chi connectivity index (χ4n) is 1.73. The molecule has 116 valence electrons. The van der Waals surface area contributed by atoms with E-state index in [0.717, 1.165) is 0 Å². The van der Waals surface area contributed by atoms with E-state index in [0.29, 0.717) is 27.3 Å². The number of thiazole rings is 1. The van der Waals surface area contributed by atoms with Crippen LogP contribution in [0.1, 0.15) is 12.6 Å². The van der Waals surface area contributed by atoms with Crippen molar-refractivity contribution in [3.05, 3.63) is 34.3 Å². The van der Waals surface area contributed by atoms with Crippen molar-refractivity contribution in [3.8, 4) is 5.75 Å². The molecule has 0 saturated heterocycles. The van der Waals surface area contributed by atoms with Crippen LogP contribution in [0.5, 0.6) is 5.75 Å². The van der Waals surface area contributed by atoms with Gasteiger partial charge in [-0.05, 0) is 18.2 Å². The molecule has 6 nitrogen and oxygen atoms in total. The minimum atomic E-state index is -0.250. The van der Waals surface area contributed by atoms with Gasteiger partial charge in [0.05, 0.1) is 24.9 Å². The van der Waals surface area contributed by atoms with Gasteiger partial charge < -0.3 is 15.4 Å². The number of nitrogens with one attached hydrogen (secondary N) is 2. The topological polar surface area (TPSA) is 80.3 Å². The Balaban J connectivity index is 2.02. The second kappa shape index (κ2) is 7.24. The van der Waals surface area contributed by atoms with Crippen LogP contribution in [-0.4, -0.2) is 23.9 Å². The minimum Gasteiger partial charge on any atom is -0.495 e. The highest BCUT2D eigenvalue weighted by molar-refractivity contribution is 7.13. The first-order chi connectivity index (χ1) is 10.5. The van der Waals surface area contributed by atoms with Gasteiger partial charge in [0, 0.05) is 17.3 Å². The smallest absolute Gasteiger partial charge is 0.230 e. The summed E-state index contributed by atoms with van der Waals surface area (Å²) in [5.74, 6) is 0.0734. The number of anilines is 2. The number of rotatable bonds is 5. The molecule has 2 amide bonds. The van der Waals surface area contributed by atoms with Crippen molar-refractivity contribution < 1.29 is 14.3 Å². The molecule has 0 aliphatic rings. The van der Waals surface area contributed by atoms with Crippen molar-refractivity contribution in [1.82, 2.24) is 4.98 Å². The number of ether oxygens (including phenoxy) is 1. The number of aromatic nitrogens is 1. The highest BCUT2D eigenvalue weighted by atomic mass is 35.5. The molecule has 2 N–H and O–H groups in total. The maximum Gasteiger partial charge on any atom is 0.230 e. The Labute approximate surface area is 136 Å². The Hall–Kier alpha value is -2.12. The van der Waals surface area contributed by atoms with Crippen LogP contribution >= 0.6 is 22.9 Å². The zero-order valence-electron chi connectivity index (χ0n) is 12.0. The summed E-state index contributed by atoms with van der Waals surface area (Å²) in [4.78, 5) is 27.2. The van der Waals surface area contributed by atoms with Crippen molar-refractivity contribution >= 4 is 45.6 Å². The van der Waals surface area contributed by atoms with Gasteiger partial charge in [0.1, 0.15) is 5.75 Å². The molecule has 22 heavy (non-hydrogen) atoms. The zero-order chi connectivity index (χ0) is 16.1. The maximum atomic E-state index is 12.1. The Morgan fingerprint density at radius 2 is 2.14 bits per heavy atom. The molecule has 2 aromatic rings. The van der Waals surface area contributed by atoms with Crippen LogP contribution in [0, 0.1) is 0 Å². The fourth-order valence-corrected chi connectivity index (χ4v) is 2.66. The summed E-state index contributed by atoms with van der Waals surface area (Å²) in [6.07, 6.45) is 0.0890. The van der Waals surface area contributed by atoms with Crippen LogP contribution in [0.25, 0.3) is 0 Å². The normalized spacial score (nSPS) is 10.1. The number of nitrogens with zero attached hydrogens (tertiary/aromatic N) is 1. The molecule has 0 aliphatic carbocycles. The van der Waals surface area contributed by atoms with E-state index in [4.69, 9.17) is 16.3 Å². The molecule has 0 radical (unpaired) electrons. The molecule has 0 aliphatic heterocycles. The standard InChI is InChI=1S/C14H14ClN3O3S/c1-8(19)16-14-17-10(7-22-14)6-13(20)18-11-5-9(15)3-4-12(11)21-2/h3-5,7H,6H2,1-2H3,(H,18,20)(H,16,17,19). The quantitative estimate of drug-likeness (QED) is 0.877. The van der Waals surface area contributed by atoms with Crippen LogP contribution in [0.15, 0.2) is 23.6 Å². The van der Waals surface area contributed by atoms with Crippen LogP contribution < -0.4 is 15.4 Å². The predicted molar refractivity (Wildman–Crippen MR) is 86.8 cm³/mol. The molecule has 8 heteroatoms. The van der Waals surface area contributed by atoms with Crippen LogP contribution in [-0.2, 0) is 16.0 Å². The molecule has 0 saturated carbocycles. The fraction of sp³-hybridized carbons (Fsp3) is 0.214. The molecule has 0 fully saturated rings. The third kappa shape index (κ3) is 4.44. The van der Waals surface area contributed by atoms with Crippen molar-refractivity contribution in [2.24, 2.45) is 0 Å². The van der Waals surface area contributed by atoms with Crippen LogP contribution in [0.4, 0.5) is 10.8 Å². The number of benzene rings is 1. The van der Waals surface area contributed by atoms with E-state index in [-0.39, 0.29) is 18.2 Å². The number of methoxy groups -OCH3 is 1. The number of halogens is 1. The number of hydrogen-bond donors (Lipinski definition) is 2. The average molecular weight is 340 g/mol. The second-order valence-electron chi connectivity index (χ2n) is 4.39. The predicted octanol–water partition coefficient (Wildman–Crippen LogP) is 2.94. The molecule has 0 bridgehead atoms. The molecular weight excluding hydrogens is 326 g/mol. The first-order valence-electron chi connectivity index (χ1n) is 6.33. The SMILES string of the molecule is COc1ccc(Cl)cc1NC(=O)Cc1csc(NC(C)=O)n1. The van der Waals surface area contributed by atoms with Gasteiger partial charge in [-0.2, -0.15) is 0 Å². The lowest BCUT2D eigenvalue weighted by Gasteiger charge is -2.10. The summed E-state index contributed by atoms with van der Waals surface area (Å²) >= 11 is 7.18. The Kier molecular flexibility index (Phi) is 5.35. The molecule has 0 spiro atoms. The van der Waals surface area contributed by atoms with E-state index in [2.05, 4.69) is 15.6 Å². The highest BCUT2D eigenvalue weighted by Gasteiger charge is 2.11. The average Bonchev–Trinajstić information content (AvgIpc) is 2.85. The number of hydrogen-bond acceptors (Lipinski definition) is 5. The lowest BCUT2D eigenvalue weighted by molar-refractivity contribution is -0.116. The van der Waals surface area contributed by atoms with Crippen LogP contribution in [0.3, 0.4) is 0 Å². The van der Waals surface area contributed by atoms with E-state index >= 15 is 0 Å². The first kappa shape index (κ1) is 16.3. The molecule has 0 atom stereocenters. The zero-order valence-corrected chi connectivity index (χ0v) is 13.5. The van der Waals surface area contributed by atoms with Gasteiger partial charge in [-0.25, -0.2) is 4.98 Å². The lowest BCUT2D eigenvalue weighted by Crippen LogP contribution is -2.15. The Morgan fingerprint density at radius 1 is 1.36 bits per heavy atom. The summed E-state index contributed by atoms with van der Waals surface area (Å²) in [7, 11) is 1.51.